The van der Waals surface area contributed by atoms with Gasteiger partial charge in [-0.25, -0.2) is 9.78 Å². The number of fused-ring (bicyclic) bond motifs is 1. The van der Waals surface area contributed by atoms with E-state index < -0.39 is 5.97 Å². The number of nitrogens with one attached hydrogen (secondary N) is 2. The van der Waals surface area contributed by atoms with Crippen LogP contribution in [0.15, 0.2) is 36.7 Å². The zero-order valence-corrected chi connectivity index (χ0v) is 10.7. The molecule has 0 spiro atoms. The fourth-order valence-corrected chi connectivity index (χ4v) is 2.07. The lowest BCUT2D eigenvalue weighted by Crippen LogP contribution is -2.07. The van der Waals surface area contributed by atoms with Crippen LogP contribution in [0.25, 0.3) is 10.9 Å². The highest BCUT2D eigenvalue weighted by molar-refractivity contribution is 5.96. The fourth-order valence-electron chi connectivity index (χ4n) is 2.07. The highest BCUT2D eigenvalue weighted by Crippen LogP contribution is 2.23. The number of hydrogen-bond donors (Lipinski definition) is 3. The highest BCUT2D eigenvalue weighted by Gasteiger charge is 2.14. The second kappa shape index (κ2) is 4.65. The number of aryl methyl sites for hydroxylation is 1. The van der Waals surface area contributed by atoms with Crippen molar-refractivity contribution in [2.75, 3.05) is 5.32 Å². The van der Waals surface area contributed by atoms with Gasteiger partial charge in [-0.2, -0.15) is 5.10 Å². The third-order valence-corrected chi connectivity index (χ3v) is 3.08. The number of hydrogen-bond acceptors (Lipinski definition) is 4. The molecule has 0 aliphatic heterocycles. The average molecular weight is 268 g/mol. The molecule has 2 aromatic heterocycles. The third kappa shape index (κ3) is 2.07. The minimum atomic E-state index is -0.999. The van der Waals surface area contributed by atoms with Crippen molar-refractivity contribution in [2.45, 2.75) is 6.92 Å². The van der Waals surface area contributed by atoms with Gasteiger partial charge in [0.25, 0.3) is 0 Å². The number of aromatic nitrogens is 3. The molecule has 6 nitrogen and oxygen atoms in total. The van der Waals surface area contributed by atoms with E-state index in [1.165, 1.54) is 0 Å². The van der Waals surface area contributed by atoms with Gasteiger partial charge in [0.05, 0.1) is 11.7 Å². The van der Waals surface area contributed by atoms with Gasteiger partial charge in [0, 0.05) is 17.3 Å². The van der Waals surface area contributed by atoms with Gasteiger partial charge in [-0.15, -0.1) is 0 Å². The van der Waals surface area contributed by atoms with Crippen molar-refractivity contribution in [2.24, 2.45) is 0 Å². The van der Waals surface area contributed by atoms with E-state index in [-0.39, 0.29) is 5.56 Å². The summed E-state index contributed by atoms with van der Waals surface area (Å²) in [5.74, 6) is -0.669. The van der Waals surface area contributed by atoms with Crippen LogP contribution in [-0.2, 0) is 0 Å². The van der Waals surface area contributed by atoms with Crippen LogP contribution < -0.4 is 5.32 Å². The van der Waals surface area contributed by atoms with Crippen LogP contribution in [0.1, 0.15) is 15.9 Å². The maximum Gasteiger partial charge on any atom is 0.339 e. The molecule has 3 aromatic rings. The maximum atomic E-state index is 11.3. The molecule has 0 saturated heterocycles. The molecule has 20 heavy (non-hydrogen) atoms. The highest BCUT2D eigenvalue weighted by atomic mass is 16.4. The Labute approximate surface area is 114 Å². The lowest BCUT2D eigenvalue weighted by Gasteiger charge is -2.10. The van der Waals surface area contributed by atoms with E-state index in [2.05, 4.69) is 20.5 Å². The monoisotopic (exact) mass is 268 g/mol. The summed E-state index contributed by atoms with van der Waals surface area (Å²) in [4.78, 5) is 15.4. The minimum Gasteiger partial charge on any atom is -0.478 e. The van der Waals surface area contributed by atoms with Crippen LogP contribution in [0, 0.1) is 6.92 Å². The first-order valence-corrected chi connectivity index (χ1v) is 6.04. The van der Waals surface area contributed by atoms with Crippen molar-refractivity contribution in [1.82, 2.24) is 15.2 Å². The van der Waals surface area contributed by atoms with Gasteiger partial charge in [0.1, 0.15) is 11.4 Å². The van der Waals surface area contributed by atoms with E-state index in [4.69, 9.17) is 0 Å². The lowest BCUT2D eigenvalue weighted by atomic mass is 10.1. The standard InChI is InChI=1S/C14H12N4O2/c1-8-4-5-15-13(12(8)14(19)20)17-10-3-2-9-7-16-18-11(9)6-10/h2-7H,1H3,(H,15,17)(H,16,18)(H,19,20). The Morgan fingerprint density at radius 2 is 2.20 bits per heavy atom. The van der Waals surface area contributed by atoms with Crippen molar-refractivity contribution < 1.29 is 9.90 Å². The van der Waals surface area contributed by atoms with E-state index in [1.54, 1.807) is 25.4 Å². The molecule has 100 valence electrons. The van der Waals surface area contributed by atoms with Gasteiger partial charge in [0.2, 0.25) is 0 Å². The topological polar surface area (TPSA) is 90.9 Å². The van der Waals surface area contributed by atoms with Crippen LogP contribution >= 0.6 is 0 Å². The molecule has 0 fully saturated rings. The fraction of sp³-hybridized carbons (Fsp3) is 0.0714. The average Bonchev–Trinajstić information content (AvgIpc) is 2.85. The summed E-state index contributed by atoms with van der Waals surface area (Å²) in [6, 6.07) is 7.29. The molecule has 0 amide bonds. The van der Waals surface area contributed by atoms with E-state index in [1.807, 2.05) is 18.2 Å². The lowest BCUT2D eigenvalue weighted by molar-refractivity contribution is 0.0697. The molecular weight excluding hydrogens is 256 g/mol. The van der Waals surface area contributed by atoms with Crippen molar-refractivity contribution >= 4 is 28.4 Å². The number of aromatic amines is 1. The maximum absolute atomic E-state index is 11.3. The summed E-state index contributed by atoms with van der Waals surface area (Å²) in [7, 11) is 0. The second-order valence-electron chi connectivity index (χ2n) is 4.45. The number of carboxylic acid groups (broad SMARTS) is 1. The number of carbonyl (C=O) groups is 1. The van der Waals surface area contributed by atoms with E-state index in [9.17, 15) is 9.90 Å². The predicted octanol–water partition coefficient (Wildman–Crippen LogP) is 2.71. The molecule has 6 heteroatoms. The van der Waals surface area contributed by atoms with Crippen molar-refractivity contribution in [1.29, 1.82) is 0 Å². The van der Waals surface area contributed by atoms with Crippen LogP contribution in [0.4, 0.5) is 11.5 Å². The number of anilines is 2. The molecule has 0 unspecified atom stereocenters. The zero-order chi connectivity index (χ0) is 14.1. The summed E-state index contributed by atoms with van der Waals surface area (Å²) in [6.45, 7) is 1.74. The van der Waals surface area contributed by atoms with Gasteiger partial charge in [-0.05, 0) is 36.8 Å². The van der Waals surface area contributed by atoms with Gasteiger partial charge in [-0.1, -0.05) is 0 Å². The predicted molar refractivity (Wildman–Crippen MR) is 75.3 cm³/mol. The number of H-pyrrole nitrogens is 1. The Morgan fingerprint density at radius 1 is 1.35 bits per heavy atom. The number of pyridine rings is 1. The van der Waals surface area contributed by atoms with Crippen LogP contribution in [0.5, 0.6) is 0 Å². The number of aromatic carboxylic acids is 1. The molecule has 0 aliphatic carbocycles. The Morgan fingerprint density at radius 3 is 3.00 bits per heavy atom. The second-order valence-corrected chi connectivity index (χ2v) is 4.45. The number of nitrogens with zero attached hydrogens (tertiary/aromatic N) is 2. The van der Waals surface area contributed by atoms with Crippen molar-refractivity contribution in [3.8, 4) is 0 Å². The summed E-state index contributed by atoms with van der Waals surface area (Å²) in [5, 5.41) is 20.1. The van der Waals surface area contributed by atoms with E-state index in [0.717, 1.165) is 16.6 Å². The van der Waals surface area contributed by atoms with Crippen molar-refractivity contribution in [3.05, 3.63) is 47.8 Å². The molecule has 3 N–H and O–H groups in total. The smallest absolute Gasteiger partial charge is 0.339 e. The Hall–Kier alpha value is -2.89. The molecule has 0 saturated carbocycles. The Bertz CT molecular complexity index is 795. The number of rotatable bonds is 3. The molecule has 1 aromatic carbocycles. The summed E-state index contributed by atoms with van der Waals surface area (Å²) >= 11 is 0. The zero-order valence-electron chi connectivity index (χ0n) is 10.7. The van der Waals surface area contributed by atoms with Gasteiger partial charge < -0.3 is 10.4 Å². The Balaban J connectivity index is 2.02. The van der Waals surface area contributed by atoms with Gasteiger partial charge in [0.15, 0.2) is 0 Å². The molecule has 0 radical (unpaired) electrons. The summed E-state index contributed by atoms with van der Waals surface area (Å²) < 4.78 is 0. The van der Waals surface area contributed by atoms with Gasteiger partial charge in [-0.3, -0.25) is 5.10 Å². The number of carboxylic acids is 1. The first-order chi connectivity index (χ1) is 9.65. The van der Waals surface area contributed by atoms with Crippen molar-refractivity contribution in [3.63, 3.8) is 0 Å². The molecular formula is C14H12N4O2. The number of benzene rings is 1. The largest absolute Gasteiger partial charge is 0.478 e. The molecule has 2 heterocycles. The summed E-state index contributed by atoms with van der Waals surface area (Å²) in [5.41, 5.74) is 2.47. The summed E-state index contributed by atoms with van der Waals surface area (Å²) in [6.07, 6.45) is 3.31. The third-order valence-electron chi connectivity index (χ3n) is 3.08. The molecule has 0 atom stereocenters. The molecule has 0 aliphatic rings. The first kappa shape index (κ1) is 12.2. The minimum absolute atomic E-state index is 0.178. The van der Waals surface area contributed by atoms with E-state index >= 15 is 0 Å². The quantitative estimate of drug-likeness (QED) is 0.679. The van der Waals surface area contributed by atoms with Gasteiger partial charge >= 0.3 is 5.97 Å². The van der Waals surface area contributed by atoms with Crippen LogP contribution in [-0.4, -0.2) is 26.3 Å². The SMILES string of the molecule is Cc1ccnc(Nc2ccc3cn[nH]c3c2)c1C(=O)O. The van der Waals surface area contributed by atoms with E-state index in [0.29, 0.717) is 11.4 Å². The normalized spacial score (nSPS) is 10.7. The van der Waals surface area contributed by atoms with Crippen LogP contribution in [0.2, 0.25) is 0 Å². The van der Waals surface area contributed by atoms with Crippen LogP contribution in [0.3, 0.4) is 0 Å². The molecule has 0 bridgehead atoms. The molecule has 3 rings (SSSR count). The Kier molecular flexibility index (Phi) is 2.83. The first-order valence-electron chi connectivity index (χ1n) is 6.04.